The topological polar surface area (TPSA) is 121 Å². The molecule has 3 aromatic rings. The molecule has 0 aliphatic rings. The third kappa shape index (κ3) is 4.33. The summed E-state index contributed by atoms with van der Waals surface area (Å²) in [5.74, 6) is -2.56. The van der Waals surface area contributed by atoms with E-state index in [9.17, 15) is 30.8 Å². The van der Waals surface area contributed by atoms with E-state index in [4.69, 9.17) is 10.9 Å². The number of carbonyl (C=O) groups is 1. The second kappa shape index (κ2) is 7.54. The van der Waals surface area contributed by atoms with Crippen LogP contribution in [-0.4, -0.2) is 24.1 Å². The summed E-state index contributed by atoms with van der Waals surface area (Å²) in [4.78, 5) is 11.5. The zero-order chi connectivity index (χ0) is 22.3. The fourth-order valence-electron chi connectivity index (χ4n) is 2.90. The van der Waals surface area contributed by atoms with Gasteiger partial charge in [-0.2, -0.15) is 18.3 Å². The first-order chi connectivity index (χ1) is 13.9. The lowest BCUT2D eigenvalue weighted by atomic mass is 9.90. The Kier molecular flexibility index (Phi) is 5.39. The second-order valence-electron chi connectivity index (χ2n) is 6.33. The standard InChI is InChI=1S/C18H14F4N4O3S/c19-13-4-1-10(2-5-13)16(17(23)27)11-3-6-14(15(7-11)30(24,28)29)26-9-12(8-25-26)18(20,21)22/h1-9,16H,(H2,23,27)(H2,24,28,29). The number of nitrogens with zero attached hydrogens (tertiary/aromatic N) is 2. The van der Waals surface area contributed by atoms with Crippen molar-refractivity contribution in [2.45, 2.75) is 17.0 Å². The molecule has 4 N–H and O–H groups in total. The molecule has 12 heteroatoms. The molecule has 2 aromatic carbocycles. The molecule has 7 nitrogen and oxygen atoms in total. The van der Waals surface area contributed by atoms with Gasteiger partial charge >= 0.3 is 6.18 Å². The third-order valence-electron chi connectivity index (χ3n) is 4.27. The highest BCUT2D eigenvalue weighted by molar-refractivity contribution is 7.89. The minimum Gasteiger partial charge on any atom is -0.369 e. The number of primary sulfonamides is 1. The summed E-state index contributed by atoms with van der Waals surface area (Å²) in [7, 11) is -4.43. The number of nitrogens with two attached hydrogens (primary N) is 2. The number of rotatable bonds is 5. The molecule has 0 aliphatic heterocycles. The van der Waals surface area contributed by atoms with Gasteiger partial charge in [0.1, 0.15) is 10.7 Å². The van der Waals surface area contributed by atoms with E-state index >= 15 is 0 Å². The summed E-state index contributed by atoms with van der Waals surface area (Å²) in [6.07, 6.45) is -3.54. The van der Waals surface area contributed by atoms with Crippen LogP contribution < -0.4 is 10.9 Å². The van der Waals surface area contributed by atoms with E-state index in [2.05, 4.69) is 5.10 Å². The van der Waals surface area contributed by atoms with Crippen LogP contribution in [0, 0.1) is 5.82 Å². The van der Waals surface area contributed by atoms with E-state index in [1.807, 2.05) is 0 Å². The average Bonchev–Trinajstić information content (AvgIpc) is 3.13. The molecule has 0 saturated heterocycles. The van der Waals surface area contributed by atoms with Gasteiger partial charge in [0.2, 0.25) is 15.9 Å². The monoisotopic (exact) mass is 442 g/mol. The fraction of sp³-hybridized carbons (Fsp3) is 0.111. The van der Waals surface area contributed by atoms with E-state index in [0.29, 0.717) is 17.1 Å². The highest BCUT2D eigenvalue weighted by atomic mass is 32.2. The predicted molar refractivity (Wildman–Crippen MR) is 97.4 cm³/mol. The Morgan fingerprint density at radius 3 is 2.17 bits per heavy atom. The van der Waals surface area contributed by atoms with Gasteiger partial charge in [-0.15, -0.1) is 0 Å². The Morgan fingerprint density at radius 2 is 1.67 bits per heavy atom. The van der Waals surface area contributed by atoms with Crippen molar-refractivity contribution in [2.24, 2.45) is 10.9 Å². The van der Waals surface area contributed by atoms with Crippen LogP contribution in [0.25, 0.3) is 5.69 Å². The lowest BCUT2D eigenvalue weighted by Gasteiger charge is -2.17. The zero-order valence-electron chi connectivity index (χ0n) is 15.0. The molecular formula is C18H14F4N4O3S. The molecule has 30 heavy (non-hydrogen) atoms. The van der Waals surface area contributed by atoms with Gasteiger partial charge in [-0.1, -0.05) is 18.2 Å². The van der Waals surface area contributed by atoms with Gasteiger partial charge in [-0.25, -0.2) is 22.6 Å². The number of hydrogen-bond donors (Lipinski definition) is 2. The van der Waals surface area contributed by atoms with E-state index in [1.165, 1.54) is 18.2 Å². The van der Waals surface area contributed by atoms with Crippen molar-refractivity contribution in [2.75, 3.05) is 0 Å². The minimum absolute atomic E-state index is 0.102. The Labute approximate surface area is 168 Å². The molecule has 1 atom stereocenters. The van der Waals surface area contributed by atoms with Crippen molar-refractivity contribution in [3.63, 3.8) is 0 Å². The maximum Gasteiger partial charge on any atom is 0.419 e. The molecule has 0 aliphatic carbocycles. The molecule has 1 aromatic heterocycles. The number of carbonyl (C=O) groups excluding carboxylic acids is 1. The summed E-state index contributed by atoms with van der Waals surface area (Å²) in [5.41, 5.74) is 4.49. The molecule has 158 valence electrons. The highest BCUT2D eigenvalue weighted by Crippen LogP contribution is 2.32. The van der Waals surface area contributed by atoms with Gasteiger partial charge in [0.25, 0.3) is 0 Å². The van der Waals surface area contributed by atoms with E-state index in [0.717, 1.165) is 24.3 Å². The molecule has 1 amide bonds. The van der Waals surface area contributed by atoms with Crippen LogP contribution in [0.3, 0.4) is 0 Å². The summed E-state index contributed by atoms with van der Waals surface area (Å²) in [6.45, 7) is 0. The molecule has 1 heterocycles. The molecule has 3 rings (SSSR count). The van der Waals surface area contributed by atoms with E-state index in [1.54, 1.807) is 0 Å². The quantitative estimate of drug-likeness (QED) is 0.589. The second-order valence-corrected chi connectivity index (χ2v) is 7.86. The Hall–Kier alpha value is -3.25. The van der Waals surface area contributed by atoms with Crippen molar-refractivity contribution < 1.29 is 30.8 Å². The highest BCUT2D eigenvalue weighted by Gasteiger charge is 2.33. The van der Waals surface area contributed by atoms with Gasteiger partial charge in [0.05, 0.1) is 23.4 Å². The van der Waals surface area contributed by atoms with Crippen molar-refractivity contribution in [1.29, 1.82) is 0 Å². The lowest BCUT2D eigenvalue weighted by Crippen LogP contribution is -2.23. The minimum atomic E-state index is -4.68. The van der Waals surface area contributed by atoms with Gasteiger partial charge in [-0.3, -0.25) is 4.79 Å². The number of aromatic nitrogens is 2. The number of halogens is 4. The van der Waals surface area contributed by atoms with Crippen LogP contribution in [0.15, 0.2) is 59.8 Å². The maximum atomic E-state index is 13.2. The molecule has 0 bridgehead atoms. The summed E-state index contributed by atoms with van der Waals surface area (Å²) < 4.78 is 76.7. The number of hydrogen-bond acceptors (Lipinski definition) is 4. The van der Waals surface area contributed by atoms with E-state index < -0.39 is 44.3 Å². The Balaban J connectivity index is 2.16. The maximum absolute atomic E-state index is 13.2. The normalized spacial score (nSPS) is 13.2. The zero-order valence-corrected chi connectivity index (χ0v) is 15.8. The first kappa shape index (κ1) is 21.5. The number of amides is 1. The van der Waals surface area contributed by atoms with Gasteiger partial charge in [0, 0.05) is 6.20 Å². The Bertz CT molecular complexity index is 1200. The van der Waals surface area contributed by atoms with Crippen LogP contribution in [0.4, 0.5) is 17.6 Å². The summed E-state index contributed by atoms with van der Waals surface area (Å²) in [6, 6.07) is 8.29. The average molecular weight is 442 g/mol. The molecule has 0 fully saturated rings. The molecule has 1 unspecified atom stereocenters. The first-order valence-corrected chi connectivity index (χ1v) is 9.76. The van der Waals surface area contributed by atoms with E-state index in [-0.39, 0.29) is 16.8 Å². The van der Waals surface area contributed by atoms with Crippen LogP contribution in [0.2, 0.25) is 0 Å². The van der Waals surface area contributed by atoms with Crippen LogP contribution in [-0.2, 0) is 21.0 Å². The van der Waals surface area contributed by atoms with Crippen molar-refractivity contribution in [1.82, 2.24) is 9.78 Å². The summed E-state index contributed by atoms with van der Waals surface area (Å²) in [5, 5.41) is 8.78. The third-order valence-corrected chi connectivity index (χ3v) is 5.21. The lowest BCUT2D eigenvalue weighted by molar-refractivity contribution is -0.137. The predicted octanol–water partition coefficient (Wildman–Crippen LogP) is 2.29. The fourth-order valence-corrected chi connectivity index (χ4v) is 3.66. The van der Waals surface area contributed by atoms with Crippen LogP contribution >= 0.6 is 0 Å². The molecule has 0 radical (unpaired) electrons. The van der Waals surface area contributed by atoms with Crippen LogP contribution in [0.1, 0.15) is 22.6 Å². The van der Waals surface area contributed by atoms with Crippen molar-refractivity contribution >= 4 is 15.9 Å². The van der Waals surface area contributed by atoms with Crippen LogP contribution in [0.5, 0.6) is 0 Å². The number of primary amides is 1. The first-order valence-electron chi connectivity index (χ1n) is 8.21. The van der Waals surface area contributed by atoms with Gasteiger partial charge in [0.15, 0.2) is 0 Å². The number of benzene rings is 2. The number of alkyl halides is 3. The van der Waals surface area contributed by atoms with Crippen molar-refractivity contribution in [3.8, 4) is 5.69 Å². The molecular weight excluding hydrogens is 428 g/mol. The van der Waals surface area contributed by atoms with Gasteiger partial charge < -0.3 is 5.73 Å². The van der Waals surface area contributed by atoms with Crippen molar-refractivity contribution in [3.05, 3.63) is 77.4 Å². The largest absolute Gasteiger partial charge is 0.419 e. The number of sulfonamides is 1. The SMILES string of the molecule is NC(=O)C(c1ccc(F)cc1)c1ccc(-n2cc(C(F)(F)F)cn2)c(S(N)(=O)=O)c1. The molecule has 0 spiro atoms. The molecule has 0 saturated carbocycles. The smallest absolute Gasteiger partial charge is 0.369 e. The Morgan fingerprint density at radius 1 is 1.07 bits per heavy atom. The van der Waals surface area contributed by atoms with Gasteiger partial charge in [-0.05, 0) is 35.4 Å². The summed E-state index contributed by atoms with van der Waals surface area (Å²) >= 11 is 0.